The van der Waals surface area contributed by atoms with E-state index in [4.69, 9.17) is 10.5 Å². The molecule has 0 spiro atoms. The van der Waals surface area contributed by atoms with Crippen molar-refractivity contribution in [2.75, 3.05) is 0 Å². The van der Waals surface area contributed by atoms with Gasteiger partial charge in [-0.25, -0.2) is 9.97 Å². The van der Waals surface area contributed by atoms with Crippen LogP contribution in [-0.2, 0) is 17.6 Å². The van der Waals surface area contributed by atoms with Crippen molar-refractivity contribution in [1.29, 1.82) is 0 Å². The zero-order valence-corrected chi connectivity index (χ0v) is 14.6. The fraction of sp³-hybridized carbons (Fsp3) is 0.611. The second kappa shape index (κ2) is 6.67. The van der Waals surface area contributed by atoms with Gasteiger partial charge in [0, 0.05) is 11.3 Å². The number of nitrogens with zero attached hydrogens (tertiary/aromatic N) is 2. The Kier molecular flexibility index (Phi) is 4.39. The first-order chi connectivity index (χ1) is 11.7. The summed E-state index contributed by atoms with van der Waals surface area (Å²) >= 11 is 1.75. The topological polar surface area (TPSA) is 78.1 Å². The molecule has 2 aliphatic rings. The van der Waals surface area contributed by atoms with Gasteiger partial charge in [-0.05, 0) is 56.4 Å². The zero-order chi connectivity index (χ0) is 16.5. The summed E-state index contributed by atoms with van der Waals surface area (Å²) < 4.78 is 6.27. The van der Waals surface area contributed by atoms with Crippen molar-refractivity contribution in [2.45, 2.75) is 63.9 Å². The van der Waals surface area contributed by atoms with Gasteiger partial charge in [-0.15, -0.1) is 11.3 Å². The van der Waals surface area contributed by atoms with E-state index >= 15 is 0 Å². The minimum Gasteiger partial charge on any atom is -0.474 e. The summed E-state index contributed by atoms with van der Waals surface area (Å²) in [5, 5.41) is 1.08. The molecule has 1 atom stereocenters. The van der Waals surface area contributed by atoms with Gasteiger partial charge in [0.25, 0.3) is 0 Å². The number of amides is 1. The number of hydrogen-bond acceptors (Lipinski definition) is 5. The lowest BCUT2D eigenvalue weighted by Gasteiger charge is -2.24. The highest BCUT2D eigenvalue weighted by Gasteiger charge is 2.27. The molecule has 6 heteroatoms. The number of hydrogen-bond donors (Lipinski definition) is 1. The van der Waals surface area contributed by atoms with Crippen LogP contribution in [0.15, 0.2) is 6.33 Å². The third-order valence-corrected chi connectivity index (χ3v) is 6.43. The number of ether oxygens (including phenoxy) is 1. The summed E-state index contributed by atoms with van der Waals surface area (Å²) in [4.78, 5) is 22.6. The Morgan fingerprint density at radius 3 is 2.88 bits per heavy atom. The Morgan fingerprint density at radius 2 is 2.08 bits per heavy atom. The summed E-state index contributed by atoms with van der Waals surface area (Å²) in [6.07, 6.45) is 11.3. The second-order valence-electron chi connectivity index (χ2n) is 7.02. The lowest BCUT2D eigenvalue weighted by molar-refractivity contribution is -0.119. The molecule has 24 heavy (non-hydrogen) atoms. The molecular weight excluding hydrogens is 322 g/mol. The molecule has 0 bridgehead atoms. The van der Waals surface area contributed by atoms with Crippen molar-refractivity contribution in [2.24, 2.45) is 11.7 Å². The van der Waals surface area contributed by atoms with Gasteiger partial charge in [-0.2, -0.15) is 0 Å². The van der Waals surface area contributed by atoms with Crippen LogP contribution in [0, 0.1) is 5.92 Å². The quantitative estimate of drug-likeness (QED) is 0.921. The van der Waals surface area contributed by atoms with Crippen LogP contribution in [0.2, 0.25) is 0 Å². The van der Waals surface area contributed by atoms with Gasteiger partial charge in [0.2, 0.25) is 11.8 Å². The van der Waals surface area contributed by atoms with Crippen LogP contribution >= 0.6 is 11.3 Å². The number of thiophene rings is 1. The summed E-state index contributed by atoms with van der Waals surface area (Å²) in [6, 6.07) is 0. The van der Waals surface area contributed by atoms with Crippen LogP contribution in [0.25, 0.3) is 10.2 Å². The lowest BCUT2D eigenvalue weighted by atomic mass is 9.85. The number of primary amides is 1. The Hall–Kier alpha value is -1.69. The molecule has 2 aliphatic carbocycles. The van der Waals surface area contributed by atoms with Crippen molar-refractivity contribution in [3.05, 3.63) is 16.8 Å². The fourth-order valence-corrected chi connectivity index (χ4v) is 5.21. The standard InChI is InChI=1S/C18H23N3O2S/c19-15(22)9-11-6-7-14-13(8-11)16-17(20-10-21-18(16)24-14)23-12-4-2-1-3-5-12/h10-12H,1-9H2,(H2,19,22)/t11-/m1/s1. The molecule has 1 saturated carbocycles. The van der Waals surface area contributed by atoms with Crippen LogP contribution in [0.3, 0.4) is 0 Å². The highest BCUT2D eigenvalue weighted by molar-refractivity contribution is 7.18. The molecule has 1 amide bonds. The van der Waals surface area contributed by atoms with Crippen LogP contribution in [0.5, 0.6) is 5.88 Å². The molecule has 2 N–H and O–H groups in total. The number of nitrogens with two attached hydrogens (primary N) is 1. The maximum atomic E-state index is 11.3. The first-order valence-electron chi connectivity index (χ1n) is 8.91. The van der Waals surface area contributed by atoms with E-state index in [1.165, 1.54) is 29.7 Å². The fourth-order valence-electron chi connectivity index (χ4n) is 4.04. The highest BCUT2D eigenvalue weighted by Crippen LogP contribution is 2.41. The highest BCUT2D eigenvalue weighted by atomic mass is 32.1. The number of fused-ring (bicyclic) bond motifs is 3. The third kappa shape index (κ3) is 3.11. The van der Waals surface area contributed by atoms with Crippen molar-refractivity contribution < 1.29 is 9.53 Å². The van der Waals surface area contributed by atoms with E-state index in [1.807, 2.05) is 0 Å². The van der Waals surface area contributed by atoms with Gasteiger partial charge in [0.15, 0.2) is 0 Å². The maximum Gasteiger partial charge on any atom is 0.225 e. The summed E-state index contributed by atoms with van der Waals surface area (Å²) in [6.45, 7) is 0. The van der Waals surface area contributed by atoms with Crippen LogP contribution in [0.4, 0.5) is 0 Å². The number of carbonyl (C=O) groups is 1. The van der Waals surface area contributed by atoms with E-state index in [-0.39, 0.29) is 12.0 Å². The first kappa shape index (κ1) is 15.8. The first-order valence-corrected chi connectivity index (χ1v) is 9.72. The molecule has 2 aromatic rings. The van der Waals surface area contributed by atoms with Crippen LogP contribution in [0.1, 0.15) is 55.4 Å². The Bertz CT molecular complexity index is 752. The van der Waals surface area contributed by atoms with Gasteiger partial charge in [-0.3, -0.25) is 4.79 Å². The van der Waals surface area contributed by atoms with Crippen LogP contribution < -0.4 is 10.5 Å². The predicted octanol–water partition coefficient (Wildman–Crippen LogP) is 3.38. The average molecular weight is 345 g/mol. The number of aryl methyl sites for hydroxylation is 1. The molecule has 0 saturated heterocycles. The van der Waals surface area contributed by atoms with Gasteiger partial charge in [0.05, 0.1) is 5.39 Å². The molecule has 0 radical (unpaired) electrons. The molecule has 128 valence electrons. The normalized spacial score (nSPS) is 21.6. The molecule has 0 aromatic carbocycles. The zero-order valence-electron chi connectivity index (χ0n) is 13.8. The third-order valence-electron chi connectivity index (χ3n) is 5.23. The van der Waals surface area contributed by atoms with Crippen molar-refractivity contribution in [3.8, 4) is 5.88 Å². The molecule has 1 fully saturated rings. The molecule has 2 aromatic heterocycles. The second-order valence-corrected chi connectivity index (χ2v) is 8.10. The van der Waals surface area contributed by atoms with E-state index in [0.717, 1.165) is 48.2 Å². The van der Waals surface area contributed by atoms with Gasteiger partial charge < -0.3 is 10.5 Å². The molecular formula is C18H23N3O2S. The van der Waals surface area contributed by atoms with Gasteiger partial charge in [-0.1, -0.05) is 6.42 Å². The minimum absolute atomic E-state index is 0.210. The summed E-state index contributed by atoms with van der Waals surface area (Å²) in [5.74, 6) is 0.859. The number of aromatic nitrogens is 2. The van der Waals surface area contributed by atoms with E-state index < -0.39 is 0 Å². The summed E-state index contributed by atoms with van der Waals surface area (Å²) in [7, 11) is 0. The van der Waals surface area contributed by atoms with E-state index in [2.05, 4.69) is 9.97 Å². The molecule has 0 unspecified atom stereocenters. The Morgan fingerprint density at radius 1 is 1.25 bits per heavy atom. The number of carbonyl (C=O) groups excluding carboxylic acids is 1. The maximum absolute atomic E-state index is 11.3. The van der Waals surface area contributed by atoms with Crippen molar-refractivity contribution in [1.82, 2.24) is 9.97 Å². The monoisotopic (exact) mass is 345 g/mol. The Balaban J connectivity index is 1.66. The lowest BCUT2D eigenvalue weighted by Crippen LogP contribution is -2.22. The summed E-state index contributed by atoms with van der Waals surface area (Å²) in [5.41, 5.74) is 6.69. The largest absolute Gasteiger partial charge is 0.474 e. The van der Waals surface area contributed by atoms with E-state index in [0.29, 0.717) is 12.3 Å². The smallest absolute Gasteiger partial charge is 0.225 e. The van der Waals surface area contributed by atoms with Crippen molar-refractivity contribution in [3.63, 3.8) is 0 Å². The predicted molar refractivity (Wildman–Crippen MR) is 94.2 cm³/mol. The average Bonchev–Trinajstić information content (AvgIpc) is 2.94. The minimum atomic E-state index is -0.210. The SMILES string of the molecule is NC(=O)C[C@@H]1CCc2sc3ncnc(OC4CCCCC4)c3c2C1. The van der Waals surface area contributed by atoms with E-state index in [9.17, 15) is 4.79 Å². The van der Waals surface area contributed by atoms with Gasteiger partial charge >= 0.3 is 0 Å². The molecule has 0 aliphatic heterocycles. The van der Waals surface area contributed by atoms with E-state index in [1.54, 1.807) is 17.7 Å². The van der Waals surface area contributed by atoms with Crippen LogP contribution in [-0.4, -0.2) is 22.0 Å². The molecule has 2 heterocycles. The Labute approximate surface area is 145 Å². The number of rotatable bonds is 4. The molecule has 4 rings (SSSR count). The van der Waals surface area contributed by atoms with Crippen molar-refractivity contribution >= 4 is 27.5 Å². The van der Waals surface area contributed by atoms with Gasteiger partial charge in [0.1, 0.15) is 17.3 Å². The molecule has 5 nitrogen and oxygen atoms in total.